The van der Waals surface area contributed by atoms with Crippen molar-refractivity contribution in [2.45, 2.75) is 45.8 Å². The van der Waals surface area contributed by atoms with E-state index in [9.17, 15) is 9.59 Å². The van der Waals surface area contributed by atoms with Gasteiger partial charge in [0.1, 0.15) is 11.8 Å². The fraction of sp³-hybridized carbons (Fsp3) is 0.308. The summed E-state index contributed by atoms with van der Waals surface area (Å²) in [6.07, 6.45) is 0. The molecule has 2 amide bonds. The average Bonchev–Trinajstić information content (AvgIpc) is 2.77. The molecule has 8 heteroatoms. The summed E-state index contributed by atoms with van der Waals surface area (Å²) in [6, 6.07) is 16.1. The number of carbonyl (C=O) groups excluding carboxylic acids is 2. The van der Waals surface area contributed by atoms with E-state index in [2.05, 4.69) is 21.2 Å². The zero-order valence-electron chi connectivity index (χ0n) is 19.5. The van der Waals surface area contributed by atoms with Crippen LogP contribution in [0.25, 0.3) is 10.8 Å². The van der Waals surface area contributed by atoms with Gasteiger partial charge in [-0.1, -0.05) is 59.6 Å². The van der Waals surface area contributed by atoms with Crippen molar-refractivity contribution in [3.63, 3.8) is 0 Å². The molecule has 0 saturated carbocycles. The normalized spacial score (nSPS) is 12.3. The fourth-order valence-electron chi connectivity index (χ4n) is 3.44. The summed E-state index contributed by atoms with van der Waals surface area (Å²) in [7, 11) is 0. The molecule has 3 rings (SSSR count). The molecule has 5 nitrogen and oxygen atoms in total. The third kappa shape index (κ3) is 6.65. The van der Waals surface area contributed by atoms with E-state index in [0.29, 0.717) is 15.8 Å². The SMILES string of the molecule is C[C@@H](C(=O)NC(C)(C)C)N(Cc1ccc(Cl)c(Cl)c1)C(=O)COc1ccc2ccccc2c1Br. The number of benzene rings is 3. The fourth-order valence-corrected chi connectivity index (χ4v) is 4.37. The molecule has 0 aliphatic rings. The highest BCUT2D eigenvalue weighted by Crippen LogP contribution is 2.33. The number of nitrogens with zero attached hydrogens (tertiary/aromatic N) is 1. The van der Waals surface area contributed by atoms with Gasteiger partial charge in [-0.15, -0.1) is 0 Å². The molecule has 34 heavy (non-hydrogen) atoms. The summed E-state index contributed by atoms with van der Waals surface area (Å²) in [5, 5.41) is 5.78. The molecule has 0 spiro atoms. The monoisotopic (exact) mass is 564 g/mol. The van der Waals surface area contributed by atoms with Crippen LogP contribution in [0.15, 0.2) is 59.1 Å². The Morgan fingerprint density at radius 1 is 1.06 bits per heavy atom. The minimum absolute atomic E-state index is 0.177. The quantitative estimate of drug-likeness (QED) is 0.350. The number of hydrogen-bond acceptors (Lipinski definition) is 3. The topological polar surface area (TPSA) is 58.6 Å². The largest absolute Gasteiger partial charge is 0.483 e. The zero-order valence-corrected chi connectivity index (χ0v) is 22.6. The number of fused-ring (bicyclic) bond motifs is 1. The van der Waals surface area contributed by atoms with E-state index >= 15 is 0 Å². The average molecular weight is 566 g/mol. The van der Waals surface area contributed by atoms with Crippen LogP contribution in [0.4, 0.5) is 0 Å². The Kier molecular flexibility index (Phi) is 8.50. The van der Waals surface area contributed by atoms with Gasteiger partial charge in [-0.2, -0.15) is 0 Å². The Morgan fingerprint density at radius 2 is 1.76 bits per heavy atom. The second-order valence-corrected chi connectivity index (χ2v) is 10.7. The maximum Gasteiger partial charge on any atom is 0.261 e. The summed E-state index contributed by atoms with van der Waals surface area (Å²) in [5.41, 5.74) is 0.320. The Labute approximate surface area is 218 Å². The predicted octanol–water partition coefficient (Wildman–Crippen LogP) is 6.62. The first kappa shape index (κ1) is 26.3. The smallest absolute Gasteiger partial charge is 0.261 e. The van der Waals surface area contributed by atoms with Crippen LogP contribution in [-0.4, -0.2) is 34.9 Å². The lowest BCUT2D eigenvalue weighted by Crippen LogP contribution is -2.53. The minimum atomic E-state index is -0.732. The third-order valence-electron chi connectivity index (χ3n) is 5.18. The number of ether oxygens (including phenoxy) is 1. The Balaban J connectivity index is 1.82. The lowest BCUT2D eigenvalue weighted by molar-refractivity contribution is -0.142. The van der Waals surface area contributed by atoms with Gasteiger partial charge in [0.25, 0.3) is 5.91 Å². The maximum atomic E-state index is 13.3. The van der Waals surface area contributed by atoms with Crippen molar-refractivity contribution in [3.05, 3.63) is 74.7 Å². The summed E-state index contributed by atoms with van der Waals surface area (Å²) >= 11 is 15.8. The van der Waals surface area contributed by atoms with Crippen molar-refractivity contribution in [1.29, 1.82) is 0 Å². The molecule has 0 radical (unpaired) electrons. The molecule has 3 aromatic carbocycles. The van der Waals surface area contributed by atoms with E-state index in [0.717, 1.165) is 20.8 Å². The highest BCUT2D eigenvalue weighted by atomic mass is 79.9. The van der Waals surface area contributed by atoms with Gasteiger partial charge >= 0.3 is 0 Å². The van der Waals surface area contributed by atoms with E-state index in [1.54, 1.807) is 25.1 Å². The first-order valence-electron chi connectivity index (χ1n) is 10.8. The lowest BCUT2D eigenvalue weighted by Gasteiger charge is -2.31. The van der Waals surface area contributed by atoms with Crippen LogP contribution in [0.1, 0.15) is 33.3 Å². The number of carbonyl (C=O) groups is 2. The first-order chi connectivity index (χ1) is 16.0. The van der Waals surface area contributed by atoms with Crippen molar-refractivity contribution in [1.82, 2.24) is 10.2 Å². The van der Waals surface area contributed by atoms with Crippen LogP contribution in [0.5, 0.6) is 5.75 Å². The van der Waals surface area contributed by atoms with Crippen LogP contribution in [0, 0.1) is 0 Å². The molecule has 180 valence electrons. The summed E-state index contributed by atoms with van der Waals surface area (Å²) < 4.78 is 6.65. The van der Waals surface area contributed by atoms with Crippen molar-refractivity contribution >= 4 is 61.7 Å². The Bertz CT molecular complexity index is 1210. The lowest BCUT2D eigenvalue weighted by atomic mass is 10.1. The number of halogens is 3. The van der Waals surface area contributed by atoms with Crippen molar-refractivity contribution < 1.29 is 14.3 Å². The first-order valence-corrected chi connectivity index (χ1v) is 12.4. The molecule has 0 saturated heterocycles. The summed E-state index contributed by atoms with van der Waals surface area (Å²) in [4.78, 5) is 27.7. The van der Waals surface area contributed by atoms with Gasteiger partial charge < -0.3 is 15.0 Å². The van der Waals surface area contributed by atoms with Gasteiger partial charge in [0.05, 0.1) is 14.5 Å². The van der Waals surface area contributed by atoms with Crippen LogP contribution in [0.2, 0.25) is 10.0 Å². The molecule has 0 heterocycles. The number of hydrogen-bond donors (Lipinski definition) is 1. The number of amides is 2. The second-order valence-electron chi connectivity index (χ2n) is 9.07. The summed E-state index contributed by atoms with van der Waals surface area (Å²) in [5.74, 6) is -0.0381. The van der Waals surface area contributed by atoms with Gasteiger partial charge in [0.15, 0.2) is 6.61 Å². The highest BCUT2D eigenvalue weighted by Gasteiger charge is 2.29. The Morgan fingerprint density at radius 3 is 2.44 bits per heavy atom. The van der Waals surface area contributed by atoms with E-state index in [4.69, 9.17) is 27.9 Å². The highest BCUT2D eigenvalue weighted by molar-refractivity contribution is 9.10. The van der Waals surface area contributed by atoms with E-state index in [-0.39, 0.29) is 25.0 Å². The Hall–Kier alpha value is -2.28. The van der Waals surface area contributed by atoms with Gasteiger partial charge in [-0.05, 0) is 78.2 Å². The molecule has 0 bridgehead atoms. The van der Waals surface area contributed by atoms with Crippen LogP contribution in [0.3, 0.4) is 0 Å². The minimum Gasteiger partial charge on any atom is -0.483 e. The van der Waals surface area contributed by atoms with Crippen molar-refractivity contribution in [2.24, 2.45) is 0 Å². The van der Waals surface area contributed by atoms with E-state index < -0.39 is 11.6 Å². The van der Waals surface area contributed by atoms with Gasteiger partial charge in [-0.3, -0.25) is 9.59 Å². The standard InChI is InChI=1S/C26H27BrCl2N2O3/c1-16(25(33)30-26(2,3)4)31(14-17-9-11-20(28)21(29)13-17)23(32)15-34-22-12-10-18-7-5-6-8-19(18)24(22)27/h5-13,16H,14-15H2,1-4H3,(H,30,33)/t16-/m0/s1. The molecule has 0 fully saturated rings. The van der Waals surface area contributed by atoms with Gasteiger partial charge in [0, 0.05) is 12.1 Å². The van der Waals surface area contributed by atoms with Crippen LogP contribution >= 0.6 is 39.1 Å². The maximum absolute atomic E-state index is 13.3. The molecular formula is C26H27BrCl2N2O3. The van der Waals surface area contributed by atoms with Gasteiger partial charge in [-0.25, -0.2) is 0 Å². The molecule has 1 N–H and O–H groups in total. The zero-order chi connectivity index (χ0) is 25.0. The van der Waals surface area contributed by atoms with E-state index in [1.165, 1.54) is 4.90 Å². The van der Waals surface area contributed by atoms with Crippen molar-refractivity contribution in [3.8, 4) is 5.75 Å². The molecule has 0 aliphatic heterocycles. The molecular weight excluding hydrogens is 539 g/mol. The molecule has 0 aliphatic carbocycles. The molecule has 0 unspecified atom stereocenters. The second kappa shape index (κ2) is 11.0. The summed E-state index contributed by atoms with van der Waals surface area (Å²) in [6.45, 7) is 7.32. The molecule has 1 atom stereocenters. The molecule has 3 aromatic rings. The van der Waals surface area contributed by atoms with Crippen LogP contribution < -0.4 is 10.1 Å². The molecule has 0 aromatic heterocycles. The third-order valence-corrected chi connectivity index (χ3v) is 6.74. The van der Waals surface area contributed by atoms with Crippen molar-refractivity contribution in [2.75, 3.05) is 6.61 Å². The van der Waals surface area contributed by atoms with Gasteiger partial charge in [0.2, 0.25) is 5.91 Å². The predicted molar refractivity (Wildman–Crippen MR) is 142 cm³/mol. The number of nitrogens with one attached hydrogen (secondary N) is 1. The van der Waals surface area contributed by atoms with E-state index in [1.807, 2.05) is 57.2 Å². The number of rotatable bonds is 7. The van der Waals surface area contributed by atoms with Crippen LogP contribution in [-0.2, 0) is 16.1 Å².